The Morgan fingerprint density at radius 2 is 2.00 bits per heavy atom. The van der Waals surface area contributed by atoms with E-state index >= 15 is 0 Å². The number of anilines is 2. The molecule has 0 aliphatic carbocycles. The van der Waals surface area contributed by atoms with Gasteiger partial charge in [-0.3, -0.25) is 15.0 Å². The van der Waals surface area contributed by atoms with Gasteiger partial charge in [-0.25, -0.2) is 9.97 Å². The Morgan fingerprint density at radius 3 is 2.64 bits per heavy atom. The topological polar surface area (TPSA) is 105 Å². The molecule has 2 N–H and O–H groups in total. The molecule has 0 atom stereocenters. The van der Waals surface area contributed by atoms with Crippen LogP contribution in [0.5, 0.6) is 0 Å². The van der Waals surface area contributed by atoms with E-state index in [1.165, 1.54) is 6.33 Å². The number of nitrogens with zero attached hydrogens (tertiary/aromatic N) is 4. The fourth-order valence-electron chi connectivity index (χ4n) is 2.31. The molecule has 1 aliphatic heterocycles. The van der Waals surface area contributed by atoms with Crippen LogP contribution >= 0.6 is 0 Å². The lowest BCUT2D eigenvalue weighted by Crippen LogP contribution is -2.37. The van der Waals surface area contributed by atoms with Gasteiger partial charge in [-0.15, -0.1) is 0 Å². The first-order valence-electron chi connectivity index (χ1n) is 7.49. The van der Waals surface area contributed by atoms with Crippen molar-refractivity contribution in [2.45, 2.75) is 13.3 Å². The number of nitro groups is 1. The third-order valence-corrected chi connectivity index (χ3v) is 3.40. The van der Waals surface area contributed by atoms with Gasteiger partial charge in [0.15, 0.2) is 0 Å². The van der Waals surface area contributed by atoms with Crippen molar-refractivity contribution in [2.24, 2.45) is 0 Å². The zero-order chi connectivity index (χ0) is 15.8. The number of aromatic nitrogens is 2. The minimum atomic E-state index is -0.456. The molecule has 2 heterocycles. The molecule has 1 fully saturated rings. The Morgan fingerprint density at radius 1 is 1.32 bits per heavy atom. The largest absolute Gasteiger partial charge is 0.379 e. The van der Waals surface area contributed by atoms with E-state index in [0.29, 0.717) is 13.1 Å². The van der Waals surface area contributed by atoms with Crippen LogP contribution in [0.4, 0.5) is 17.3 Å². The van der Waals surface area contributed by atoms with Crippen LogP contribution in [0.3, 0.4) is 0 Å². The molecule has 122 valence electrons. The van der Waals surface area contributed by atoms with Crippen LogP contribution in [0.15, 0.2) is 6.33 Å². The molecule has 0 aromatic carbocycles. The number of rotatable bonds is 8. The van der Waals surface area contributed by atoms with Crippen molar-refractivity contribution in [3.63, 3.8) is 0 Å². The molecule has 1 aromatic heterocycles. The molecule has 1 saturated heterocycles. The van der Waals surface area contributed by atoms with Crippen LogP contribution in [0, 0.1) is 10.1 Å². The van der Waals surface area contributed by atoms with Gasteiger partial charge >= 0.3 is 5.69 Å². The summed E-state index contributed by atoms with van der Waals surface area (Å²) in [6.07, 6.45) is 2.22. The molecule has 9 heteroatoms. The van der Waals surface area contributed by atoms with Crippen molar-refractivity contribution >= 4 is 17.3 Å². The lowest BCUT2D eigenvalue weighted by atomic mass is 10.3. The van der Waals surface area contributed by atoms with Gasteiger partial charge in [0.1, 0.15) is 6.33 Å². The van der Waals surface area contributed by atoms with Gasteiger partial charge in [0.05, 0.1) is 18.1 Å². The summed E-state index contributed by atoms with van der Waals surface area (Å²) in [5.41, 5.74) is -0.101. The average molecular weight is 310 g/mol. The van der Waals surface area contributed by atoms with Crippen LogP contribution in [0.25, 0.3) is 0 Å². The molecule has 9 nitrogen and oxygen atoms in total. The van der Waals surface area contributed by atoms with E-state index < -0.39 is 4.92 Å². The number of hydrogen-bond acceptors (Lipinski definition) is 8. The Labute approximate surface area is 129 Å². The summed E-state index contributed by atoms with van der Waals surface area (Å²) < 4.78 is 5.30. The van der Waals surface area contributed by atoms with E-state index in [-0.39, 0.29) is 17.3 Å². The Bertz CT molecular complexity index is 493. The van der Waals surface area contributed by atoms with Gasteiger partial charge in [-0.05, 0) is 19.9 Å². The van der Waals surface area contributed by atoms with Crippen LogP contribution in [0.1, 0.15) is 13.3 Å². The van der Waals surface area contributed by atoms with Gasteiger partial charge in [-0.1, -0.05) is 0 Å². The summed E-state index contributed by atoms with van der Waals surface area (Å²) in [5, 5.41) is 17.1. The van der Waals surface area contributed by atoms with Gasteiger partial charge in [-0.2, -0.15) is 0 Å². The smallest absolute Gasteiger partial charge is 0.353 e. The molecule has 2 rings (SSSR count). The Hall–Kier alpha value is -2.00. The van der Waals surface area contributed by atoms with E-state index in [1.807, 2.05) is 6.92 Å². The fraction of sp³-hybridized carbons (Fsp3) is 0.692. The molecule has 0 amide bonds. The van der Waals surface area contributed by atoms with Crippen LogP contribution in [0.2, 0.25) is 0 Å². The standard InChI is InChI=1S/C13H22N6O3/c1-2-14-12-11(19(20)21)13(17-10-16-12)15-4-3-5-18-6-8-22-9-7-18/h10H,2-9H2,1H3,(H2,14,15,16,17). The quantitative estimate of drug-likeness (QED) is 0.415. The second kappa shape index (κ2) is 8.44. The number of hydrogen-bond donors (Lipinski definition) is 2. The van der Waals surface area contributed by atoms with Gasteiger partial charge in [0.2, 0.25) is 11.6 Å². The Kier molecular flexibility index (Phi) is 6.28. The molecular weight excluding hydrogens is 288 g/mol. The van der Waals surface area contributed by atoms with Crippen molar-refractivity contribution in [1.82, 2.24) is 14.9 Å². The van der Waals surface area contributed by atoms with E-state index in [4.69, 9.17) is 4.74 Å². The first kappa shape index (κ1) is 16.4. The van der Waals surface area contributed by atoms with Crippen molar-refractivity contribution in [2.75, 3.05) is 56.6 Å². The molecule has 1 aromatic rings. The van der Waals surface area contributed by atoms with Crippen molar-refractivity contribution < 1.29 is 9.66 Å². The predicted octanol–water partition coefficient (Wildman–Crippen LogP) is 0.951. The summed E-state index contributed by atoms with van der Waals surface area (Å²) >= 11 is 0. The normalized spacial score (nSPS) is 15.5. The molecule has 0 unspecified atom stereocenters. The van der Waals surface area contributed by atoms with E-state index in [1.54, 1.807) is 0 Å². The second-order valence-electron chi connectivity index (χ2n) is 4.94. The maximum atomic E-state index is 11.2. The molecule has 1 aliphatic rings. The van der Waals surface area contributed by atoms with Crippen molar-refractivity contribution in [3.8, 4) is 0 Å². The van der Waals surface area contributed by atoms with Gasteiger partial charge in [0.25, 0.3) is 0 Å². The summed E-state index contributed by atoms with van der Waals surface area (Å²) in [5.74, 6) is 0.510. The third kappa shape index (κ3) is 4.50. The molecule has 0 saturated carbocycles. The minimum Gasteiger partial charge on any atom is -0.379 e. The summed E-state index contributed by atoms with van der Waals surface area (Å²) in [4.78, 5) is 21.0. The molecule has 0 radical (unpaired) electrons. The average Bonchev–Trinajstić information content (AvgIpc) is 2.53. The van der Waals surface area contributed by atoms with E-state index in [0.717, 1.165) is 39.3 Å². The zero-order valence-electron chi connectivity index (χ0n) is 12.7. The second-order valence-corrected chi connectivity index (χ2v) is 4.94. The maximum Gasteiger partial charge on any atom is 0.353 e. The first-order valence-corrected chi connectivity index (χ1v) is 7.49. The highest BCUT2D eigenvalue weighted by molar-refractivity contribution is 5.69. The summed E-state index contributed by atoms with van der Waals surface area (Å²) in [7, 11) is 0. The number of ether oxygens (including phenoxy) is 1. The highest BCUT2D eigenvalue weighted by Gasteiger charge is 2.22. The SMILES string of the molecule is CCNc1ncnc(NCCCN2CCOCC2)c1[N+](=O)[O-]. The maximum absolute atomic E-state index is 11.2. The van der Waals surface area contributed by atoms with Crippen LogP contribution in [-0.4, -0.2) is 65.7 Å². The molecular formula is C13H22N6O3. The van der Waals surface area contributed by atoms with Crippen molar-refractivity contribution in [3.05, 3.63) is 16.4 Å². The highest BCUT2D eigenvalue weighted by atomic mass is 16.6. The fourth-order valence-corrected chi connectivity index (χ4v) is 2.31. The van der Waals surface area contributed by atoms with Crippen LogP contribution < -0.4 is 10.6 Å². The van der Waals surface area contributed by atoms with Crippen molar-refractivity contribution in [1.29, 1.82) is 0 Å². The van der Waals surface area contributed by atoms with E-state index in [9.17, 15) is 10.1 Å². The minimum absolute atomic E-state index is 0.101. The first-order chi connectivity index (χ1) is 10.7. The summed E-state index contributed by atoms with van der Waals surface area (Å²) in [6, 6.07) is 0. The molecule has 22 heavy (non-hydrogen) atoms. The van der Waals surface area contributed by atoms with Gasteiger partial charge in [0, 0.05) is 26.2 Å². The zero-order valence-corrected chi connectivity index (χ0v) is 12.7. The monoisotopic (exact) mass is 310 g/mol. The van der Waals surface area contributed by atoms with Crippen LogP contribution in [-0.2, 0) is 4.74 Å². The lowest BCUT2D eigenvalue weighted by molar-refractivity contribution is -0.383. The Balaban J connectivity index is 1.88. The third-order valence-electron chi connectivity index (χ3n) is 3.40. The van der Waals surface area contributed by atoms with E-state index in [2.05, 4.69) is 25.5 Å². The molecule has 0 bridgehead atoms. The highest BCUT2D eigenvalue weighted by Crippen LogP contribution is 2.28. The number of morpholine rings is 1. The molecule has 0 spiro atoms. The summed E-state index contributed by atoms with van der Waals surface area (Å²) in [6.45, 7) is 7.43. The number of nitrogens with one attached hydrogen (secondary N) is 2. The van der Waals surface area contributed by atoms with Gasteiger partial charge < -0.3 is 15.4 Å². The predicted molar refractivity (Wildman–Crippen MR) is 83.2 cm³/mol. The lowest BCUT2D eigenvalue weighted by Gasteiger charge is -2.26.